The average Bonchev–Trinajstić information content (AvgIpc) is 2.74. The fraction of sp³-hybridized carbons (Fsp3) is 0.733. The molecule has 1 rings (SSSR count). The zero-order valence-electron chi connectivity index (χ0n) is 14.0. The summed E-state index contributed by atoms with van der Waals surface area (Å²) in [6.07, 6.45) is -0.591. The molecule has 126 valence electrons. The van der Waals surface area contributed by atoms with E-state index in [0.29, 0.717) is 12.9 Å². The summed E-state index contributed by atoms with van der Waals surface area (Å²) in [5.41, 5.74) is 0. The number of ether oxygens (including phenoxy) is 3. The van der Waals surface area contributed by atoms with E-state index in [-0.39, 0.29) is 11.6 Å². The van der Waals surface area contributed by atoms with Gasteiger partial charge < -0.3 is 18.6 Å². The molecule has 0 aromatic carbocycles. The van der Waals surface area contributed by atoms with Gasteiger partial charge in [-0.2, -0.15) is 0 Å². The summed E-state index contributed by atoms with van der Waals surface area (Å²) in [6.45, 7) is 14.7. The summed E-state index contributed by atoms with van der Waals surface area (Å²) >= 11 is 0. The molecule has 7 heteroatoms. The average molecular weight is 330 g/mol. The number of carbonyl (C=O) groups excluding carboxylic acids is 2. The lowest BCUT2D eigenvalue weighted by Gasteiger charge is -2.37. The molecular weight excluding hydrogens is 304 g/mol. The molecule has 1 aliphatic heterocycles. The van der Waals surface area contributed by atoms with Crippen molar-refractivity contribution in [2.24, 2.45) is 0 Å². The van der Waals surface area contributed by atoms with Crippen LogP contribution in [0.5, 0.6) is 0 Å². The van der Waals surface area contributed by atoms with E-state index < -0.39 is 32.8 Å². The van der Waals surface area contributed by atoms with Gasteiger partial charge in [-0.3, -0.25) is 4.79 Å². The Hall–Kier alpha value is -1.34. The normalized spacial score (nSPS) is 23.4. The standard InChI is InChI=1S/C15H26O6Si/c1-7-8-11-13(21-14(17)20-11)12(18-10-16)9-19-22(5,6)15(2,3)4/h7,10-13H,1,8-9H2,2-6H3/t11-,12-,13+/m1/s1. The minimum absolute atomic E-state index is 0.0299. The predicted molar refractivity (Wildman–Crippen MR) is 84.0 cm³/mol. The number of hydrogen-bond acceptors (Lipinski definition) is 6. The van der Waals surface area contributed by atoms with Crippen LogP contribution in [0.25, 0.3) is 0 Å². The molecule has 6 nitrogen and oxygen atoms in total. The van der Waals surface area contributed by atoms with Crippen molar-refractivity contribution in [2.75, 3.05) is 6.61 Å². The van der Waals surface area contributed by atoms with E-state index in [0.717, 1.165) is 0 Å². The number of carbonyl (C=O) groups is 2. The van der Waals surface area contributed by atoms with Gasteiger partial charge in [0.15, 0.2) is 20.5 Å². The maximum absolute atomic E-state index is 11.4. The summed E-state index contributed by atoms with van der Waals surface area (Å²) < 4.78 is 21.4. The second-order valence-electron chi connectivity index (χ2n) is 6.86. The molecule has 0 aromatic heterocycles. The van der Waals surface area contributed by atoms with Crippen LogP contribution in [0.15, 0.2) is 12.7 Å². The second-order valence-corrected chi connectivity index (χ2v) is 11.7. The molecule has 1 aliphatic rings. The van der Waals surface area contributed by atoms with Crippen LogP contribution in [0.3, 0.4) is 0 Å². The van der Waals surface area contributed by atoms with Crippen molar-refractivity contribution >= 4 is 20.9 Å². The highest BCUT2D eigenvalue weighted by Gasteiger charge is 2.44. The highest BCUT2D eigenvalue weighted by molar-refractivity contribution is 6.74. The van der Waals surface area contributed by atoms with Crippen molar-refractivity contribution in [2.45, 2.75) is 63.6 Å². The van der Waals surface area contributed by atoms with Crippen molar-refractivity contribution in [3.05, 3.63) is 12.7 Å². The van der Waals surface area contributed by atoms with Crippen LogP contribution in [0.1, 0.15) is 27.2 Å². The van der Waals surface area contributed by atoms with E-state index in [1.165, 1.54) is 0 Å². The molecule has 0 aliphatic carbocycles. The molecule has 0 aromatic rings. The van der Waals surface area contributed by atoms with Gasteiger partial charge in [0.05, 0.1) is 6.61 Å². The fourth-order valence-corrected chi connectivity index (χ4v) is 2.87. The third kappa shape index (κ3) is 4.57. The Morgan fingerprint density at radius 1 is 1.36 bits per heavy atom. The molecule has 0 N–H and O–H groups in total. The third-order valence-corrected chi connectivity index (χ3v) is 8.76. The Morgan fingerprint density at radius 2 is 2.00 bits per heavy atom. The van der Waals surface area contributed by atoms with E-state index in [4.69, 9.17) is 18.6 Å². The van der Waals surface area contributed by atoms with Crippen molar-refractivity contribution in [1.82, 2.24) is 0 Å². The third-order valence-electron chi connectivity index (χ3n) is 4.26. The van der Waals surface area contributed by atoms with Gasteiger partial charge in [-0.05, 0) is 18.1 Å². The summed E-state index contributed by atoms with van der Waals surface area (Å²) in [5.74, 6) is 0. The van der Waals surface area contributed by atoms with Crippen LogP contribution in [0.4, 0.5) is 4.79 Å². The molecule has 0 spiro atoms. The Balaban J connectivity index is 2.78. The Bertz CT molecular complexity index is 415. The SMILES string of the molecule is C=CC[C@H]1OC(=O)O[C@@H]1[C@@H](CO[Si](C)(C)C(C)(C)C)OC=O. The Morgan fingerprint density at radius 3 is 2.50 bits per heavy atom. The quantitative estimate of drug-likeness (QED) is 0.295. The van der Waals surface area contributed by atoms with Crippen molar-refractivity contribution in [3.63, 3.8) is 0 Å². The van der Waals surface area contributed by atoms with E-state index in [1.54, 1.807) is 6.08 Å². The summed E-state index contributed by atoms with van der Waals surface area (Å²) in [5, 5.41) is 0.0299. The maximum atomic E-state index is 11.4. The fourth-order valence-electron chi connectivity index (χ4n) is 1.86. The smallest absolute Gasteiger partial charge is 0.458 e. The van der Waals surface area contributed by atoms with Crippen molar-refractivity contribution in [1.29, 1.82) is 0 Å². The van der Waals surface area contributed by atoms with Crippen LogP contribution >= 0.6 is 0 Å². The molecule has 22 heavy (non-hydrogen) atoms. The summed E-state index contributed by atoms with van der Waals surface area (Å²) in [6, 6.07) is 0. The van der Waals surface area contributed by atoms with Gasteiger partial charge >= 0.3 is 6.16 Å². The highest BCUT2D eigenvalue weighted by Crippen LogP contribution is 2.37. The van der Waals surface area contributed by atoms with Crippen LogP contribution in [0.2, 0.25) is 18.1 Å². The molecule has 1 heterocycles. The molecular formula is C15H26O6Si. The van der Waals surface area contributed by atoms with Gasteiger partial charge in [-0.25, -0.2) is 4.79 Å². The van der Waals surface area contributed by atoms with E-state index in [9.17, 15) is 9.59 Å². The minimum Gasteiger partial charge on any atom is -0.458 e. The molecule has 0 saturated carbocycles. The first-order valence-corrected chi connectivity index (χ1v) is 10.2. The molecule has 3 atom stereocenters. The van der Waals surface area contributed by atoms with Gasteiger partial charge in [0, 0.05) is 6.42 Å². The zero-order valence-corrected chi connectivity index (χ0v) is 15.0. The van der Waals surface area contributed by atoms with E-state index in [1.807, 2.05) is 0 Å². The molecule has 0 unspecified atom stereocenters. The van der Waals surface area contributed by atoms with E-state index >= 15 is 0 Å². The molecule has 1 saturated heterocycles. The number of cyclic esters (lactones) is 2. The van der Waals surface area contributed by atoms with Crippen LogP contribution < -0.4 is 0 Å². The largest absolute Gasteiger partial charge is 0.509 e. The number of rotatable bonds is 8. The topological polar surface area (TPSA) is 71.1 Å². The minimum atomic E-state index is -2.00. The predicted octanol–water partition coefficient (Wildman–Crippen LogP) is 3.03. The summed E-state index contributed by atoms with van der Waals surface area (Å²) in [7, 11) is -2.00. The Labute approximate surface area is 132 Å². The lowest BCUT2D eigenvalue weighted by molar-refractivity contribution is -0.142. The first-order valence-electron chi connectivity index (χ1n) is 7.33. The first kappa shape index (κ1) is 18.7. The molecule has 0 bridgehead atoms. The van der Waals surface area contributed by atoms with Gasteiger partial charge in [-0.15, -0.1) is 6.58 Å². The van der Waals surface area contributed by atoms with Crippen molar-refractivity contribution < 1.29 is 28.2 Å². The highest BCUT2D eigenvalue weighted by atomic mass is 28.4. The van der Waals surface area contributed by atoms with Gasteiger partial charge in [0.2, 0.25) is 0 Å². The van der Waals surface area contributed by atoms with Crippen LogP contribution in [-0.2, 0) is 23.4 Å². The molecule has 1 fully saturated rings. The zero-order chi connectivity index (χ0) is 17.0. The van der Waals surface area contributed by atoms with Crippen molar-refractivity contribution in [3.8, 4) is 0 Å². The maximum Gasteiger partial charge on any atom is 0.509 e. The lowest BCUT2D eigenvalue weighted by Crippen LogP contribution is -2.46. The van der Waals surface area contributed by atoms with Gasteiger partial charge in [0.1, 0.15) is 6.10 Å². The van der Waals surface area contributed by atoms with E-state index in [2.05, 4.69) is 40.4 Å². The summed E-state index contributed by atoms with van der Waals surface area (Å²) in [4.78, 5) is 22.1. The molecule has 0 amide bonds. The monoisotopic (exact) mass is 330 g/mol. The molecule has 0 radical (unpaired) electrons. The number of hydrogen-bond donors (Lipinski definition) is 0. The van der Waals surface area contributed by atoms with Crippen LogP contribution in [-0.4, -0.2) is 45.9 Å². The lowest BCUT2D eigenvalue weighted by atomic mass is 10.1. The second kappa shape index (κ2) is 7.28. The first-order chi connectivity index (χ1) is 10.1. The van der Waals surface area contributed by atoms with Gasteiger partial charge in [-0.1, -0.05) is 26.8 Å². The Kier molecular flexibility index (Phi) is 6.19. The van der Waals surface area contributed by atoms with Gasteiger partial charge in [0.25, 0.3) is 6.47 Å². The van der Waals surface area contributed by atoms with Crippen LogP contribution in [0, 0.1) is 0 Å².